The summed E-state index contributed by atoms with van der Waals surface area (Å²) in [4.78, 5) is 8.90. The van der Waals surface area contributed by atoms with Gasteiger partial charge in [-0.05, 0) is 19.3 Å². The molecule has 200 valence electrons. The van der Waals surface area contributed by atoms with Crippen molar-refractivity contribution < 1.29 is 23.1 Å². The van der Waals surface area contributed by atoms with E-state index in [2.05, 4.69) is 20.8 Å². The predicted molar refractivity (Wildman–Crippen MR) is 135 cm³/mol. The Kier molecular flexibility index (Phi) is 24.0. The van der Waals surface area contributed by atoms with Gasteiger partial charge in [0.05, 0.1) is 0 Å². The molecule has 0 bridgehead atoms. The molecule has 0 rings (SSSR count). The van der Waals surface area contributed by atoms with Crippen LogP contribution in [-0.4, -0.2) is 22.8 Å². The maximum atomic E-state index is 10.6. The van der Waals surface area contributed by atoms with Gasteiger partial charge >= 0.3 is 12.1 Å². The average Bonchev–Trinajstić information content (AvgIpc) is 2.75. The third-order valence-electron chi connectivity index (χ3n) is 6.33. The minimum atomic E-state index is -5.08. The molecule has 0 aliphatic heterocycles. The van der Waals surface area contributed by atoms with Crippen LogP contribution in [0.5, 0.6) is 0 Å². The van der Waals surface area contributed by atoms with Gasteiger partial charge in [0.25, 0.3) is 0 Å². The van der Waals surface area contributed by atoms with Gasteiger partial charge in [0.15, 0.2) is 0 Å². The third kappa shape index (κ3) is 25.7. The zero-order chi connectivity index (χ0) is 25.4. The Balaban J connectivity index is 0. The minimum absolute atomic E-state index is 0.139. The summed E-state index contributed by atoms with van der Waals surface area (Å²) >= 11 is 0. The summed E-state index contributed by atoms with van der Waals surface area (Å²) in [5.74, 6) is -2.76. The number of hydrogen-bond acceptors (Lipinski definition) is 2. The molecule has 0 atom stereocenters. The highest BCUT2D eigenvalue weighted by molar-refractivity contribution is 5.73. The number of rotatable bonds is 21. The van der Waals surface area contributed by atoms with Gasteiger partial charge in [-0.3, -0.25) is 0 Å². The summed E-state index contributed by atoms with van der Waals surface area (Å²) in [7, 11) is 0. The van der Waals surface area contributed by atoms with Gasteiger partial charge in [-0.25, -0.2) is 4.79 Å². The van der Waals surface area contributed by atoms with Gasteiger partial charge in [0, 0.05) is 5.54 Å². The molecule has 0 fully saturated rings. The molecule has 0 saturated carbocycles. The first kappa shape index (κ1) is 34.4. The molecular formula is C27H54F3NO2. The lowest BCUT2D eigenvalue weighted by atomic mass is 9.82. The highest BCUT2D eigenvalue weighted by atomic mass is 19.4. The van der Waals surface area contributed by atoms with E-state index in [0.717, 1.165) is 0 Å². The summed E-state index contributed by atoms with van der Waals surface area (Å²) in [6.45, 7) is 6.89. The van der Waals surface area contributed by atoms with Crippen LogP contribution >= 0.6 is 0 Å². The Morgan fingerprint density at radius 2 is 0.788 bits per heavy atom. The SMILES string of the molecule is CCCCCCCCC(N)(CCCCCCCC)CCCCCCCC.O=C(O)C(F)(F)F. The number of carboxylic acid groups (broad SMARTS) is 1. The van der Waals surface area contributed by atoms with E-state index < -0.39 is 12.1 Å². The van der Waals surface area contributed by atoms with E-state index in [-0.39, 0.29) is 5.54 Å². The molecule has 0 aromatic rings. The normalized spacial score (nSPS) is 11.8. The second kappa shape index (κ2) is 23.0. The van der Waals surface area contributed by atoms with Crippen molar-refractivity contribution in [3.8, 4) is 0 Å². The third-order valence-corrected chi connectivity index (χ3v) is 6.33. The number of alkyl halides is 3. The molecule has 0 heterocycles. The standard InChI is InChI=1S/C25H53N.C2HF3O2/c1-4-7-10-13-16-19-22-25(26,23-20-17-14-11-8-5-2)24-21-18-15-12-9-6-3;3-2(4,5)1(6)7/h4-24,26H2,1-3H3;(H,6,7). The lowest BCUT2D eigenvalue weighted by Gasteiger charge is -2.30. The number of carboxylic acids is 1. The zero-order valence-corrected chi connectivity index (χ0v) is 21.9. The predicted octanol–water partition coefficient (Wildman–Crippen LogP) is 9.57. The molecule has 0 saturated heterocycles. The van der Waals surface area contributed by atoms with Crippen LogP contribution in [-0.2, 0) is 4.79 Å². The molecular weight excluding hydrogens is 427 g/mol. The van der Waals surface area contributed by atoms with Crippen molar-refractivity contribution in [2.45, 2.75) is 167 Å². The van der Waals surface area contributed by atoms with E-state index in [1.54, 1.807) is 0 Å². The summed E-state index contributed by atoms with van der Waals surface area (Å²) in [5, 5.41) is 7.12. The number of halogens is 3. The Morgan fingerprint density at radius 1 is 0.576 bits per heavy atom. The molecule has 0 spiro atoms. The van der Waals surface area contributed by atoms with Crippen molar-refractivity contribution in [3.05, 3.63) is 0 Å². The van der Waals surface area contributed by atoms with Crippen molar-refractivity contribution in [2.24, 2.45) is 5.73 Å². The van der Waals surface area contributed by atoms with E-state index >= 15 is 0 Å². The van der Waals surface area contributed by atoms with Crippen LogP contribution in [0.15, 0.2) is 0 Å². The molecule has 0 aromatic heterocycles. The molecule has 0 aromatic carbocycles. The van der Waals surface area contributed by atoms with E-state index in [1.165, 1.54) is 135 Å². The summed E-state index contributed by atoms with van der Waals surface area (Å²) in [5.41, 5.74) is 7.06. The zero-order valence-electron chi connectivity index (χ0n) is 21.9. The Labute approximate surface area is 202 Å². The second-order valence-corrected chi connectivity index (χ2v) is 9.72. The monoisotopic (exact) mass is 481 g/mol. The maximum Gasteiger partial charge on any atom is 0.490 e. The summed E-state index contributed by atoms with van der Waals surface area (Å²) in [6.07, 6.45) is 23.7. The van der Waals surface area contributed by atoms with Gasteiger partial charge in [-0.2, -0.15) is 13.2 Å². The summed E-state index contributed by atoms with van der Waals surface area (Å²) < 4.78 is 31.7. The van der Waals surface area contributed by atoms with Crippen molar-refractivity contribution in [1.82, 2.24) is 0 Å². The van der Waals surface area contributed by atoms with E-state index in [9.17, 15) is 13.2 Å². The Morgan fingerprint density at radius 3 is 1.00 bits per heavy atom. The Bertz CT molecular complexity index is 387. The first-order valence-electron chi connectivity index (χ1n) is 13.7. The fourth-order valence-corrected chi connectivity index (χ4v) is 4.15. The van der Waals surface area contributed by atoms with Crippen molar-refractivity contribution in [2.75, 3.05) is 0 Å². The fraction of sp³-hybridized carbons (Fsp3) is 0.963. The van der Waals surface area contributed by atoms with Gasteiger partial charge < -0.3 is 10.8 Å². The number of carbonyl (C=O) groups is 1. The van der Waals surface area contributed by atoms with Crippen LogP contribution in [0.25, 0.3) is 0 Å². The average molecular weight is 482 g/mol. The quantitative estimate of drug-likeness (QED) is 0.160. The second-order valence-electron chi connectivity index (χ2n) is 9.72. The topological polar surface area (TPSA) is 63.3 Å². The van der Waals surface area contributed by atoms with Crippen LogP contribution in [0.1, 0.15) is 156 Å². The number of hydrogen-bond donors (Lipinski definition) is 2. The highest BCUT2D eigenvalue weighted by Gasteiger charge is 2.38. The summed E-state index contributed by atoms with van der Waals surface area (Å²) in [6, 6.07) is 0. The number of unbranched alkanes of at least 4 members (excludes halogenated alkanes) is 15. The Hall–Kier alpha value is -0.780. The molecule has 0 unspecified atom stereocenters. The van der Waals surface area contributed by atoms with Crippen LogP contribution in [0.3, 0.4) is 0 Å². The van der Waals surface area contributed by atoms with E-state index in [4.69, 9.17) is 15.6 Å². The van der Waals surface area contributed by atoms with E-state index in [1.807, 2.05) is 0 Å². The van der Waals surface area contributed by atoms with Crippen LogP contribution < -0.4 is 5.73 Å². The largest absolute Gasteiger partial charge is 0.490 e. The molecule has 0 amide bonds. The molecule has 0 radical (unpaired) electrons. The fourth-order valence-electron chi connectivity index (χ4n) is 4.15. The molecule has 6 heteroatoms. The molecule has 0 aliphatic carbocycles. The van der Waals surface area contributed by atoms with Crippen molar-refractivity contribution in [1.29, 1.82) is 0 Å². The van der Waals surface area contributed by atoms with Gasteiger partial charge in [0.1, 0.15) is 0 Å². The number of aliphatic carboxylic acids is 1. The lowest BCUT2D eigenvalue weighted by molar-refractivity contribution is -0.192. The number of nitrogens with two attached hydrogens (primary N) is 1. The maximum absolute atomic E-state index is 10.6. The van der Waals surface area contributed by atoms with Gasteiger partial charge in [-0.15, -0.1) is 0 Å². The molecule has 33 heavy (non-hydrogen) atoms. The van der Waals surface area contributed by atoms with Crippen molar-refractivity contribution >= 4 is 5.97 Å². The van der Waals surface area contributed by atoms with Crippen LogP contribution in [0.4, 0.5) is 13.2 Å². The van der Waals surface area contributed by atoms with Crippen LogP contribution in [0.2, 0.25) is 0 Å². The first-order valence-corrected chi connectivity index (χ1v) is 13.7. The van der Waals surface area contributed by atoms with Gasteiger partial charge in [-0.1, -0.05) is 136 Å². The molecule has 0 aliphatic rings. The van der Waals surface area contributed by atoms with Crippen LogP contribution in [0, 0.1) is 0 Å². The van der Waals surface area contributed by atoms with Gasteiger partial charge in [0.2, 0.25) is 0 Å². The van der Waals surface area contributed by atoms with Crippen molar-refractivity contribution in [3.63, 3.8) is 0 Å². The minimum Gasteiger partial charge on any atom is -0.475 e. The molecule has 3 N–H and O–H groups in total. The smallest absolute Gasteiger partial charge is 0.475 e. The first-order chi connectivity index (χ1) is 15.6. The lowest BCUT2D eigenvalue weighted by Crippen LogP contribution is -2.39. The highest BCUT2D eigenvalue weighted by Crippen LogP contribution is 2.27. The molecule has 3 nitrogen and oxygen atoms in total. The van der Waals surface area contributed by atoms with E-state index in [0.29, 0.717) is 0 Å².